The smallest absolute Gasteiger partial charge is 0.317 e. The molecule has 1 N–H and O–H groups in total. The third-order valence-electron chi connectivity index (χ3n) is 3.40. The minimum atomic E-state index is -0.902. The van der Waals surface area contributed by atoms with Gasteiger partial charge in [-0.1, -0.05) is 37.3 Å². The molecule has 122 valence electrons. The van der Waals surface area contributed by atoms with Gasteiger partial charge >= 0.3 is 5.97 Å². The third-order valence-corrected chi connectivity index (χ3v) is 3.40. The number of hydrogen-bond acceptors (Lipinski definition) is 3. The van der Waals surface area contributed by atoms with E-state index in [1.165, 1.54) is 0 Å². The molecule has 0 aromatic heterocycles. The van der Waals surface area contributed by atoms with Crippen LogP contribution in [0.4, 0.5) is 0 Å². The Labute approximate surface area is 132 Å². The highest BCUT2D eigenvalue weighted by molar-refractivity contribution is 5.79. The molecule has 0 aliphatic carbocycles. The van der Waals surface area contributed by atoms with Crippen molar-refractivity contribution in [1.82, 2.24) is 9.80 Å². The predicted octanol–water partition coefficient (Wildman–Crippen LogP) is 2.22. The summed E-state index contributed by atoms with van der Waals surface area (Å²) in [5.41, 5.74) is 1.07. The van der Waals surface area contributed by atoms with E-state index in [0.717, 1.165) is 12.0 Å². The molecule has 0 fully saturated rings. The molecule has 0 heterocycles. The summed E-state index contributed by atoms with van der Waals surface area (Å²) >= 11 is 0. The summed E-state index contributed by atoms with van der Waals surface area (Å²) in [6.45, 7) is 7.12. The fraction of sp³-hybridized carbons (Fsp3) is 0.529. The van der Waals surface area contributed by atoms with E-state index in [-0.39, 0.29) is 25.0 Å². The Morgan fingerprint density at radius 2 is 1.77 bits per heavy atom. The number of amides is 1. The van der Waals surface area contributed by atoms with Gasteiger partial charge in [0.2, 0.25) is 5.91 Å². The van der Waals surface area contributed by atoms with E-state index < -0.39 is 5.97 Å². The van der Waals surface area contributed by atoms with Crippen molar-refractivity contribution in [3.8, 4) is 0 Å². The first-order valence-corrected chi connectivity index (χ1v) is 7.71. The molecule has 1 amide bonds. The predicted molar refractivity (Wildman–Crippen MR) is 86.5 cm³/mol. The first-order chi connectivity index (χ1) is 10.4. The second-order valence-electron chi connectivity index (χ2n) is 5.71. The fourth-order valence-electron chi connectivity index (χ4n) is 2.34. The number of benzene rings is 1. The summed E-state index contributed by atoms with van der Waals surface area (Å²) in [6, 6.07) is 9.90. The molecule has 0 spiro atoms. The SMILES string of the molecule is CCCN(CC(=O)O)CC(=O)N(Cc1ccccc1)C(C)C. The second kappa shape index (κ2) is 9.20. The monoisotopic (exact) mass is 306 g/mol. The quantitative estimate of drug-likeness (QED) is 0.760. The minimum absolute atomic E-state index is 0.0337. The Kier molecular flexibility index (Phi) is 7.60. The molecular formula is C17H26N2O3. The van der Waals surface area contributed by atoms with Crippen molar-refractivity contribution < 1.29 is 14.7 Å². The molecule has 0 radical (unpaired) electrons. The Hall–Kier alpha value is -1.88. The lowest BCUT2D eigenvalue weighted by molar-refractivity contribution is -0.140. The molecule has 0 saturated heterocycles. The van der Waals surface area contributed by atoms with E-state index in [1.807, 2.05) is 51.1 Å². The van der Waals surface area contributed by atoms with Crippen LogP contribution in [0.3, 0.4) is 0 Å². The standard InChI is InChI=1S/C17H26N2O3/c1-4-10-18(13-17(21)22)12-16(20)19(14(2)3)11-15-8-6-5-7-9-15/h5-9,14H,4,10-13H2,1-3H3,(H,21,22). The normalized spacial score (nSPS) is 11.0. The maximum absolute atomic E-state index is 12.5. The number of rotatable bonds is 9. The van der Waals surface area contributed by atoms with Crippen LogP contribution in [-0.2, 0) is 16.1 Å². The maximum Gasteiger partial charge on any atom is 0.317 e. The third kappa shape index (κ3) is 6.26. The van der Waals surface area contributed by atoms with Crippen LogP contribution in [0.15, 0.2) is 30.3 Å². The van der Waals surface area contributed by atoms with Gasteiger partial charge in [-0.15, -0.1) is 0 Å². The van der Waals surface area contributed by atoms with E-state index in [1.54, 1.807) is 9.80 Å². The van der Waals surface area contributed by atoms with Crippen LogP contribution in [0.2, 0.25) is 0 Å². The molecule has 0 saturated carbocycles. The maximum atomic E-state index is 12.5. The lowest BCUT2D eigenvalue weighted by atomic mass is 10.2. The van der Waals surface area contributed by atoms with Gasteiger partial charge in [0, 0.05) is 12.6 Å². The van der Waals surface area contributed by atoms with E-state index in [2.05, 4.69) is 0 Å². The van der Waals surface area contributed by atoms with E-state index in [9.17, 15) is 9.59 Å². The summed E-state index contributed by atoms with van der Waals surface area (Å²) in [5.74, 6) is -0.936. The molecule has 0 unspecified atom stereocenters. The zero-order valence-electron chi connectivity index (χ0n) is 13.7. The number of carboxylic acid groups (broad SMARTS) is 1. The van der Waals surface area contributed by atoms with Crippen LogP contribution in [-0.4, -0.2) is 52.5 Å². The lowest BCUT2D eigenvalue weighted by Gasteiger charge is -2.29. The second-order valence-corrected chi connectivity index (χ2v) is 5.71. The zero-order valence-corrected chi connectivity index (χ0v) is 13.7. The van der Waals surface area contributed by atoms with Crippen LogP contribution in [0.1, 0.15) is 32.8 Å². The molecule has 1 aromatic rings. The Morgan fingerprint density at radius 3 is 2.27 bits per heavy atom. The molecule has 0 aliphatic heterocycles. The van der Waals surface area contributed by atoms with E-state index in [4.69, 9.17) is 5.11 Å². The number of aliphatic carboxylic acids is 1. The summed E-state index contributed by atoms with van der Waals surface area (Å²) < 4.78 is 0. The molecular weight excluding hydrogens is 280 g/mol. The van der Waals surface area contributed by atoms with Crippen LogP contribution >= 0.6 is 0 Å². The van der Waals surface area contributed by atoms with Gasteiger partial charge in [0.1, 0.15) is 0 Å². The topological polar surface area (TPSA) is 60.9 Å². The van der Waals surface area contributed by atoms with Crippen molar-refractivity contribution >= 4 is 11.9 Å². The van der Waals surface area contributed by atoms with Gasteiger partial charge < -0.3 is 10.0 Å². The van der Waals surface area contributed by atoms with Gasteiger partial charge in [-0.05, 0) is 32.4 Å². The van der Waals surface area contributed by atoms with Crippen molar-refractivity contribution in [2.24, 2.45) is 0 Å². The summed E-state index contributed by atoms with van der Waals surface area (Å²) in [6.07, 6.45) is 0.820. The molecule has 0 atom stereocenters. The number of carbonyl (C=O) groups excluding carboxylic acids is 1. The Morgan fingerprint density at radius 1 is 1.14 bits per heavy atom. The van der Waals surface area contributed by atoms with Crippen molar-refractivity contribution in [2.45, 2.75) is 39.8 Å². The highest BCUT2D eigenvalue weighted by Gasteiger charge is 2.21. The van der Waals surface area contributed by atoms with E-state index >= 15 is 0 Å². The molecule has 5 nitrogen and oxygen atoms in total. The average Bonchev–Trinajstić information content (AvgIpc) is 2.45. The molecule has 5 heteroatoms. The van der Waals surface area contributed by atoms with Gasteiger partial charge in [0.25, 0.3) is 0 Å². The van der Waals surface area contributed by atoms with Gasteiger partial charge in [0.15, 0.2) is 0 Å². The highest BCUT2D eigenvalue weighted by atomic mass is 16.4. The van der Waals surface area contributed by atoms with Crippen molar-refractivity contribution in [2.75, 3.05) is 19.6 Å². The van der Waals surface area contributed by atoms with Crippen LogP contribution in [0, 0.1) is 0 Å². The first kappa shape index (κ1) is 18.2. The highest BCUT2D eigenvalue weighted by Crippen LogP contribution is 2.09. The Bertz CT molecular complexity index is 474. The molecule has 0 aliphatic rings. The average molecular weight is 306 g/mol. The van der Waals surface area contributed by atoms with Gasteiger partial charge in [0.05, 0.1) is 13.1 Å². The largest absolute Gasteiger partial charge is 0.480 e. The fourth-order valence-corrected chi connectivity index (χ4v) is 2.34. The van der Waals surface area contributed by atoms with Gasteiger partial charge in [-0.25, -0.2) is 0 Å². The van der Waals surface area contributed by atoms with Crippen molar-refractivity contribution in [3.05, 3.63) is 35.9 Å². The lowest BCUT2D eigenvalue weighted by Crippen LogP contribution is -2.44. The van der Waals surface area contributed by atoms with Gasteiger partial charge in [-0.3, -0.25) is 14.5 Å². The van der Waals surface area contributed by atoms with Crippen molar-refractivity contribution in [1.29, 1.82) is 0 Å². The molecule has 1 aromatic carbocycles. The number of carbonyl (C=O) groups is 2. The summed E-state index contributed by atoms with van der Waals surface area (Å²) in [4.78, 5) is 26.9. The number of carboxylic acids is 1. The van der Waals surface area contributed by atoms with Crippen molar-refractivity contribution in [3.63, 3.8) is 0 Å². The van der Waals surface area contributed by atoms with Crippen LogP contribution in [0.5, 0.6) is 0 Å². The zero-order chi connectivity index (χ0) is 16.5. The molecule has 1 rings (SSSR count). The number of nitrogens with zero attached hydrogens (tertiary/aromatic N) is 2. The molecule has 22 heavy (non-hydrogen) atoms. The van der Waals surface area contributed by atoms with Crippen LogP contribution < -0.4 is 0 Å². The minimum Gasteiger partial charge on any atom is -0.480 e. The van der Waals surface area contributed by atoms with Crippen LogP contribution in [0.25, 0.3) is 0 Å². The molecule has 0 bridgehead atoms. The van der Waals surface area contributed by atoms with Gasteiger partial charge in [-0.2, -0.15) is 0 Å². The summed E-state index contributed by atoms with van der Waals surface area (Å²) in [7, 11) is 0. The number of hydrogen-bond donors (Lipinski definition) is 1. The first-order valence-electron chi connectivity index (χ1n) is 7.71. The Balaban J connectivity index is 2.73. The van der Waals surface area contributed by atoms with E-state index in [0.29, 0.717) is 13.1 Å². The summed E-state index contributed by atoms with van der Waals surface area (Å²) in [5, 5.41) is 8.94.